The molecule has 0 heterocycles. The van der Waals surface area contributed by atoms with Gasteiger partial charge in [0.05, 0.1) is 0 Å². The van der Waals surface area contributed by atoms with Crippen molar-refractivity contribution in [3.8, 4) is 0 Å². The minimum absolute atomic E-state index is 0.449. The molecule has 3 atom stereocenters. The van der Waals surface area contributed by atoms with E-state index < -0.39 is 0 Å². The molecule has 0 unspecified atom stereocenters. The quantitative estimate of drug-likeness (QED) is 0.625. The zero-order valence-electron chi connectivity index (χ0n) is 9.46. The van der Waals surface area contributed by atoms with Gasteiger partial charge in [-0.1, -0.05) is 26.7 Å². The normalized spacial score (nSPS) is 38.5. The van der Waals surface area contributed by atoms with E-state index in [-0.39, 0.29) is 0 Å². The van der Waals surface area contributed by atoms with E-state index in [1.807, 2.05) is 0 Å². The fourth-order valence-corrected chi connectivity index (χ4v) is 3.61. The van der Waals surface area contributed by atoms with E-state index in [4.69, 9.17) is 0 Å². The summed E-state index contributed by atoms with van der Waals surface area (Å²) in [4.78, 5) is 11.8. The Morgan fingerprint density at radius 1 is 1.14 bits per heavy atom. The Morgan fingerprint density at radius 3 is 2.57 bits per heavy atom. The number of carbonyl (C=O) groups is 1. The second kappa shape index (κ2) is 4.04. The molecule has 0 amide bonds. The van der Waals surface area contributed by atoms with Crippen LogP contribution < -0.4 is 0 Å². The molecule has 80 valence electrons. The molecule has 0 spiro atoms. The Morgan fingerprint density at radius 2 is 1.86 bits per heavy atom. The molecule has 0 aromatic heterocycles. The topological polar surface area (TPSA) is 17.1 Å². The Hall–Kier alpha value is -0.330. The van der Waals surface area contributed by atoms with Gasteiger partial charge in [-0.05, 0) is 37.0 Å². The van der Waals surface area contributed by atoms with E-state index >= 15 is 0 Å². The van der Waals surface area contributed by atoms with Crippen molar-refractivity contribution >= 4 is 5.78 Å². The largest absolute Gasteiger partial charge is 0.299 e. The van der Waals surface area contributed by atoms with Crippen LogP contribution in [0.5, 0.6) is 0 Å². The standard InChI is InChI=1S/C13H22O/c1-9(2)10-7-8-13(14)12-6-4-3-5-11(10)12/h9-12H,3-8H2,1-2H3/t10-,11-,12+/m1/s1. The van der Waals surface area contributed by atoms with Crippen LogP contribution in [-0.4, -0.2) is 5.78 Å². The Bertz CT molecular complexity index is 219. The van der Waals surface area contributed by atoms with Crippen molar-refractivity contribution < 1.29 is 4.79 Å². The van der Waals surface area contributed by atoms with Gasteiger partial charge in [-0.25, -0.2) is 0 Å². The summed E-state index contributed by atoms with van der Waals surface area (Å²) in [7, 11) is 0. The summed E-state index contributed by atoms with van der Waals surface area (Å²) in [6.45, 7) is 4.65. The van der Waals surface area contributed by atoms with Crippen LogP contribution in [0.4, 0.5) is 0 Å². The number of hydrogen-bond acceptors (Lipinski definition) is 1. The Labute approximate surface area is 87.3 Å². The van der Waals surface area contributed by atoms with Gasteiger partial charge in [0.25, 0.3) is 0 Å². The maximum atomic E-state index is 11.8. The summed E-state index contributed by atoms with van der Waals surface area (Å²) in [5.74, 6) is 3.37. The summed E-state index contributed by atoms with van der Waals surface area (Å²) < 4.78 is 0. The molecule has 0 N–H and O–H groups in total. The van der Waals surface area contributed by atoms with Gasteiger partial charge in [-0.15, -0.1) is 0 Å². The SMILES string of the molecule is CC(C)[C@H]1CCC(=O)[C@H]2CCCC[C@@H]21. The van der Waals surface area contributed by atoms with Crippen LogP contribution in [0.1, 0.15) is 52.4 Å². The Kier molecular flexibility index (Phi) is 2.94. The zero-order valence-corrected chi connectivity index (χ0v) is 9.46. The van der Waals surface area contributed by atoms with E-state index in [0.29, 0.717) is 11.7 Å². The molecule has 2 fully saturated rings. The van der Waals surface area contributed by atoms with Crippen LogP contribution in [0, 0.1) is 23.7 Å². The monoisotopic (exact) mass is 194 g/mol. The summed E-state index contributed by atoms with van der Waals surface area (Å²) in [5, 5.41) is 0. The molecule has 14 heavy (non-hydrogen) atoms. The first-order valence-corrected chi connectivity index (χ1v) is 6.23. The van der Waals surface area contributed by atoms with E-state index in [9.17, 15) is 4.79 Å². The predicted octanol–water partition coefficient (Wildman–Crippen LogP) is 3.43. The average molecular weight is 194 g/mol. The van der Waals surface area contributed by atoms with Gasteiger partial charge in [-0.3, -0.25) is 4.79 Å². The number of carbonyl (C=O) groups excluding carboxylic acids is 1. The van der Waals surface area contributed by atoms with Gasteiger partial charge in [0.2, 0.25) is 0 Å². The van der Waals surface area contributed by atoms with Crippen molar-refractivity contribution in [2.75, 3.05) is 0 Å². The first-order valence-electron chi connectivity index (χ1n) is 6.23. The van der Waals surface area contributed by atoms with Gasteiger partial charge in [0, 0.05) is 12.3 Å². The third-order valence-electron chi connectivity index (χ3n) is 4.36. The molecule has 0 bridgehead atoms. The van der Waals surface area contributed by atoms with Crippen LogP contribution in [0.2, 0.25) is 0 Å². The second-order valence-electron chi connectivity index (χ2n) is 5.47. The third kappa shape index (κ3) is 1.74. The minimum atomic E-state index is 0.449. The molecular formula is C13H22O. The zero-order chi connectivity index (χ0) is 10.1. The van der Waals surface area contributed by atoms with Crippen molar-refractivity contribution in [3.05, 3.63) is 0 Å². The number of rotatable bonds is 1. The summed E-state index contributed by atoms with van der Waals surface area (Å²) in [5.41, 5.74) is 0. The lowest BCUT2D eigenvalue weighted by Gasteiger charge is -2.42. The van der Waals surface area contributed by atoms with E-state index in [0.717, 1.165) is 30.6 Å². The van der Waals surface area contributed by atoms with Crippen molar-refractivity contribution in [1.29, 1.82) is 0 Å². The molecule has 2 saturated carbocycles. The highest BCUT2D eigenvalue weighted by Crippen LogP contribution is 2.44. The summed E-state index contributed by atoms with van der Waals surface area (Å²) in [6.07, 6.45) is 7.18. The molecule has 0 aromatic rings. The summed E-state index contributed by atoms with van der Waals surface area (Å²) >= 11 is 0. The van der Waals surface area contributed by atoms with Crippen molar-refractivity contribution in [3.63, 3.8) is 0 Å². The van der Waals surface area contributed by atoms with Crippen LogP contribution in [0.15, 0.2) is 0 Å². The molecule has 0 saturated heterocycles. The molecule has 1 heteroatoms. The Balaban J connectivity index is 2.12. The lowest BCUT2D eigenvalue weighted by Crippen LogP contribution is -2.39. The van der Waals surface area contributed by atoms with E-state index in [2.05, 4.69) is 13.8 Å². The molecule has 0 radical (unpaired) electrons. The van der Waals surface area contributed by atoms with E-state index in [1.54, 1.807) is 0 Å². The fraction of sp³-hybridized carbons (Fsp3) is 0.923. The van der Waals surface area contributed by atoms with Crippen molar-refractivity contribution in [2.24, 2.45) is 23.7 Å². The minimum Gasteiger partial charge on any atom is -0.299 e. The lowest BCUT2D eigenvalue weighted by atomic mass is 9.62. The third-order valence-corrected chi connectivity index (χ3v) is 4.36. The molecule has 0 aliphatic heterocycles. The molecule has 2 aliphatic rings. The van der Waals surface area contributed by atoms with Crippen molar-refractivity contribution in [2.45, 2.75) is 52.4 Å². The van der Waals surface area contributed by atoms with Crippen LogP contribution >= 0.6 is 0 Å². The summed E-state index contributed by atoms with van der Waals surface area (Å²) in [6, 6.07) is 0. The first-order chi connectivity index (χ1) is 6.70. The van der Waals surface area contributed by atoms with Crippen LogP contribution in [0.25, 0.3) is 0 Å². The number of hydrogen-bond donors (Lipinski definition) is 0. The second-order valence-corrected chi connectivity index (χ2v) is 5.47. The number of ketones is 1. The fourth-order valence-electron chi connectivity index (χ4n) is 3.61. The van der Waals surface area contributed by atoms with Gasteiger partial charge in [-0.2, -0.15) is 0 Å². The highest BCUT2D eigenvalue weighted by molar-refractivity contribution is 5.82. The van der Waals surface area contributed by atoms with Gasteiger partial charge < -0.3 is 0 Å². The maximum Gasteiger partial charge on any atom is 0.136 e. The predicted molar refractivity (Wildman–Crippen MR) is 58.0 cm³/mol. The molecule has 2 aliphatic carbocycles. The van der Waals surface area contributed by atoms with Crippen LogP contribution in [-0.2, 0) is 4.79 Å². The number of Topliss-reactive ketones (excluding diaryl/α,β-unsaturated/α-hetero) is 1. The molecular weight excluding hydrogens is 172 g/mol. The number of fused-ring (bicyclic) bond motifs is 1. The highest BCUT2D eigenvalue weighted by Gasteiger charge is 2.40. The van der Waals surface area contributed by atoms with Crippen LogP contribution in [0.3, 0.4) is 0 Å². The van der Waals surface area contributed by atoms with Gasteiger partial charge >= 0.3 is 0 Å². The smallest absolute Gasteiger partial charge is 0.136 e. The average Bonchev–Trinajstić information content (AvgIpc) is 2.18. The van der Waals surface area contributed by atoms with Crippen molar-refractivity contribution in [1.82, 2.24) is 0 Å². The lowest BCUT2D eigenvalue weighted by molar-refractivity contribution is -0.130. The first kappa shape index (κ1) is 10.2. The van der Waals surface area contributed by atoms with Gasteiger partial charge in [0.1, 0.15) is 5.78 Å². The van der Waals surface area contributed by atoms with E-state index in [1.165, 1.54) is 25.7 Å². The molecule has 2 rings (SSSR count). The molecule has 0 aromatic carbocycles. The maximum absolute atomic E-state index is 11.8. The molecule has 1 nitrogen and oxygen atoms in total. The highest BCUT2D eigenvalue weighted by atomic mass is 16.1. The van der Waals surface area contributed by atoms with Gasteiger partial charge in [0.15, 0.2) is 0 Å².